The van der Waals surface area contributed by atoms with Crippen LogP contribution in [-0.2, 0) is 4.79 Å². The number of carbonyl (C=O) groups excluding carboxylic acids is 1. The Morgan fingerprint density at radius 2 is 1.97 bits per heavy atom. The van der Waals surface area contributed by atoms with Gasteiger partial charge in [-0.25, -0.2) is 4.39 Å². The molecule has 4 saturated carbocycles. The van der Waals surface area contributed by atoms with Crippen molar-refractivity contribution in [2.75, 3.05) is 6.61 Å². The molecule has 0 aromatic heterocycles. The van der Waals surface area contributed by atoms with Crippen molar-refractivity contribution in [3.05, 3.63) is 40.9 Å². The molecule has 0 heterocycles. The van der Waals surface area contributed by atoms with E-state index in [1.165, 1.54) is 12.1 Å². The molecule has 1 aromatic rings. The molecular formula is C22H24ClF4N3O2. The number of hydrogen-bond acceptors (Lipinski definition) is 4. The first kappa shape index (κ1) is 22.9. The molecular weight excluding hydrogens is 450 g/mol. The number of rotatable bonds is 9. The summed E-state index contributed by atoms with van der Waals surface area (Å²) in [6, 6.07) is 3.98. The van der Waals surface area contributed by atoms with Gasteiger partial charge in [0.2, 0.25) is 0 Å². The van der Waals surface area contributed by atoms with Crippen molar-refractivity contribution in [2.45, 2.75) is 55.8 Å². The van der Waals surface area contributed by atoms with Crippen LogP contribution in [0, 0.1) is 17.7 Å². The molecule has 4 aliphatic carbocycles. The van der Waals surface area contributed by atoms with Gasteiger partial charge in [-0.05, 0) is 56.9 Å². The number of benzene rings is 1. The number of carbonyl (C=O) groups is 1. The van der Waals surface area contributed by atoms with Crippen LogP contribution in [0.25, 0.3) is 0 Å². The van der Waals surface area contributed by atoms with E-state index in [0.29, 0.717) is 18.5 Å². The molecule has 0 atom stereocenters. The van der Waals surface area contributed by atoms with Crippen molar-refractivity contribution < 1.29 is 27.1 Å². The van der Waals surface area contributed by atoms with Crippen LogP contribution >= 0.6 is 11.6 Å². The summed E-state index contributed by atoms with van der Waals surface area (Å²) in [6.45, 7) is 3.32. The Bertz CT molecular complexity index is 924. The zero-order valence-electron chi connectivity index (χ0n) is 17.3. The predicted octanol–water partition coefficient (Wildman–Crippen LogP) is 4.76. The number of hydrogen-bond donors (Lipinski definition) is 2. The summed E-state index contributed by atoms with van der Waals surface area (Å²) in [4.78, 5) is 16.2. The minimum absolute atomic E-state index is 0.00298. The molecule has 2 N–H and O–H groups in total. The maximum Gasteiger partial charge on any atom is 0.389 e. The van der Waals surface area contributed by atoms with Crippen LogP contribution < -0.4 is 15.4 Å². The summed E-state index contributed by atoms with van der Waals surface area (Å²) < 4.78 is 56.1. The molecule has 2 bridgehead atoms. The standard InChI is InChI=1S/C22H24ClF4N3O2/c1-28-18(14-4-13(5-14)7-22(25,26)27)8-29-20-10-21(11-20,12-20)30-19(31)9-32-15-2-3-16(23)17(24)6-15/h2-3,6,8,13-14,29H,1,4-5,7,9-12H2,(H,30,31)/b18-8-. The second kappa shape index (κ2) is 8.24. The number of nitrogens with zero attached hydrogens (tertiary/aromatic N) is 1. The Morgan fingerprint density at radius 3 is 2.56 bits per heavy atom. The molecule has 1 amide bonds. The summed E-state index contributed by atoms with van der Waals surface area (Å²) in [7, 11) is 0. The Kier molecular flexibility index (Phi) is 5.90. The smallest absolute Gasteiger partial charge is 0.389 e. The second-order valence-corrected chi connectivity index (χ2v) is 9.64. The highest BCUT2D eigenvalue weighted by atomic mass is 35.5. The molecule has 174 valence electrons. The number of halogens is 5. The number of ether oxygens (including phenoxy) is 1. The molecule has 32 heavy (non-hydrogen) atoms. The van der Waals surface area contributed by atoms with Crippen LogP contribution in [0.4, 0.5) is 17.6 Å². The van der Waals surface area contributed by atoms with E-state index in [0.717, 1.165) is 25.3 Å². The quantitative estimate of drug-likeness (QED) is 0.401. The van der Waals surface area contributed by atoms with Gasteiger partial charge in [-0.2, -0.15) is 13.2 Å². The third-order valence-corrected chi connectivity index (χ3v) is 6.89. The van der Waals surface area contributed by atoms with Crippen molar-refractivity contribution in [3.8, 4) is 5.75 Å². The zero-order valence-corrected chi connectivity index (χ0v) is 18.0. The van der Waals surface area contributed by atoms with Gasteiger partial charge in [-0.1, -0.05) is 11.6 Å². The maximum absolute atomic E-state index is 13.4. The molecule has 1 aromatic carbocycles. The van der Waals surface area contributed by atoms with E-state index in [2.05, 4.69) is 22.3 Å². The number of alkyl halides is 3. The van der Waals surface area contributed by atoms with Gasteiger partial charge in [-0.15, -0.1) is 0 Å². The Hall–Kier alpha value is -2.29. The van der Waals surface area contributed by atoms with E-state index in [1.54, 1.807) is 6.20 Å². The third kappa shape index (κ3) is 4.87. The number of aliphatic imine (C=N–C) groups is 1. The highest BCUT2D eigenvalue weighted by molar-refractivity contribution is 6.30. The lowest BCUT2D eigenvalue weighted by atomic mass is 9.44. The normalized spacial score (nSPS) is 31.0. The van der Waals surface area contributed by atoms with Gasteiger partial charge in [0.25, 0.3) is 5.91 Å². The molecule has 4 aliphatic rings. The van der Waals surface area contributed by atoms with Crippen molar-refractivity contribution >= 4 is 24.2 Å². The fourth-order valence-corrected chi connectivity index (χ4v) is 5.23. The molecule has 0 saturated heterocycles. The minimum Gasteiger partial charge on any atom is -0.484 e. The van der Waals surface area contributed by atoms with Crippen LogP contribution in [-0.4, -0.2) is 36.5 Å². The monoisotopic (exact) mass is 473 g/mol. The number of nitrogens with one attached hydrogen (secondary N) is 2. The van der Waals surface area contributed by atoms with Crippen LogP contribution in [0.2, 0.25) is 5.02 Å². The Morgan fingerprint density at radius 1 is 1.28 bits per heavy atom. The van der Waals surface area contributed by atoms with E-state index in [1.807, 2.05) is 0 Å². The molecule has 10 heteroatoms. The fourth-order valence-electron chi connectivity index (χ4n) is 5.11. The highest BCUT2D eigenvalue weighted by Crippen LogP contribution is 2.60. The average molecular weight is 474 g/mol. The number of allylic oxidation sites excluding steroid dienone is 1. The van der Waals surface area contributed by atoms with Crippen LogP contribution in [0.3, 0.4) is 0 Å². The van der Waals surface area contributed by atoms with E-state index in [9.17, 15) is 22.4 Å². The first-order chi connectivity index (χ1) is 15.0. The summed E-state index contributed by atoms with van der Waals surface area (Å²) in [6.07, 6.45) is 0.0542. The van der Waals surface area contributed by atoms with Crippen LogP contribution in [0.15, 0.2) is 35.1 Å². The van der Waals surface area contributed by atoms with Crippen LogP contribution in [0.1, 0.15) is 38.5 Å². The van der Waals surface area contributed by atoms with Crippen molar-refractivity contribution in [1.29, 1.82) is 0 Å². The van der Waals surface area contributed by atoms with Crippen molar-refractivity contribution in [2.24, 2.45) is 16.8 Å². The van der Waals surface area contributed by atoms with E-state index < -0.39 is 18.4 Å². The van der Waals surface area contributed by atoms with Gasteiger partial charge < -0.3 is 15.4 Å². The van der Waals surface area contributed by atoms with E-state index >= 15 is 0 Å². The lowest BCUT2D eigenvalue weighted by Crippen LogP contribution is -2.82. The average Bonchev–Trinajstić information content (AvgIpc) is 2.62. The minimum atomic E-state index is -4.12. The van der Waals surface area contributed by atoms with Crippen molar-refractivity contribution in [1.82, 2.24) is 10.6 Å². The van der Waals surface area contributed by atoms with Gasteiger partial charge >= 0.3 is 6.18 Å². The molecule has 5 rings (SSSR count). The van der Waals surface area contributed by atoms with E-state index in [4.69, 9.17) is 16.3 Å². The fraction of sp³-hybridized carbons (Fsp3) is 0.545. The topological polar surface area (TPSA) is 62.7 Å². The summed E-state index contributed by atoms with van der Waals surface area (Å²) in [5.41, 5.74) is 0.288. The third-order valence-electron chi connectivity index (χ3n) is 6.58. The summed E-state index contributed by atoms with van der Waals surface area (Å²) in [5, 5.41) is 6.29. The predicted molar refractivity (Wildman–Crippen MR) is 112 cm³/mol. The Labute approximate surface area is 188 Å². The molecule has 0 radical (unpaired) electrons. The zero-order chi connectivity index (χ0) is 23.1. The SMILES string of the molecule is C=N/C(=C\NC12CC(NC(=O)COc3ccc(Cl)c(F)c3)(C1)C2)C1CC(CC(F)(F)F)C1. The van der Waals surface area contributed by atoms with E-state index in [-0.39, 0.29) is 46.2 Å². The Balaban J connectivity index is 1.19. The first-order valence-corrected chi connectivity index (χ1v) is 10.8. The van der Waals surface area contributed by atoms with Gasteiger partial charge in [0.1, 0.15) is 11.6 Å². The second-order valence-electron chi connectivity index (χ2n) is 9.23. The number of amides is 1. The van der Waals surface area contributed by atoms with Gasteiger partial charge in [-0.3, -0.25) is 9.79 Å². The van der Waals surface area contributed by atoms with Gasteiger partial charge in [0.05, 0.1) is 10.7 Å². The maximum atomic E-state index is 13.4. The summed E-state index contributed by atoms with van der Waals surface area (Å²) >= 11 is 5.62. The largest absolute Gasteiger partial charge is 0.484 e. The lowest BCUT2D eigenvalue weighted by Gasteiger charge is -2.70. The van der Waals surface area contributed by atoms with Gasteiger partial charge in [0.15, 0.2) is 6.61 Å². The molecule has 4 fully saturated rings. The molecule has 0 aliphatic heterocycles. The highest BCUT2D eigenvalue weighted by Gasteiger charge is 2.68. The summed E-state index contributed by atoms with van der Waals surface area (Å²) in [5.74, 6) is -1.02. The molecule has 0 unspecified atom stereocenters. The van der Waals surface area contributed by atoms with Crippen molar-refractivity contribution in [3.63, 3.8) is 0 Å². The lowest BCUT2D eigenvalue weighted by molar-refractivity contribution is -0.152. The first-order valence-electron chi connectivity index (χ1n) is 10.4. The van der Waals surface area contributed by atoms with Crippen LogP contribution in [0.5, 0.6) is 5.75 Å². The molecule has 5 nitrogen and oxygen atoms in total. The molecule has 0 spiro atoms. The van der Waals surface area contributed by atoms with Gasteiger partial charge in [0, 0.05) is 35.7 Å².